The zero-order valence-electron chi connectivity index (χ0n) is 10.4. The Hall–Kier alpha value is -2.76. The number of halogens is 1. The summed E-state index contributed by atoms with van der Waals surface area (Å²) in [6, 6.07) is 12.1. The van der Waals surface area contributed by atoms with Gasteiger partial charge in [-0.05, 0) is 23.8 Å². The van der Waals surface area contributed by atoms with Crippen LogP contribution < -0.4 is 0 Å². The second-order valence-corrected chi connectivity index (χ2v) is 3.95. The van der Waals surface area contributed by atoms with Crippen LogP contribution >= 0.6 is 0 Å². The minimum atomic E-state index is -0.477. The van der Waals surface area contributed by atoms with Gasteiger partial charge in [0.05, 0.1) is 11.1 Å². The Labute approximate surface area is 114 Å². The standard InChI is InChI=1S/C14H11FN2O3/c15-14-4-2-1-3-12(14)10-20-16-9-11-5-7-13(8-6-11)17(18)19/h1-9H,10H2/b16-9+. The van der Waals surface area contributed by atoms with Crippen LogP contribution in [0.25, 0.3) is 0 Å². The number of nitro benzene ring substituents is 1. The highest BCUT2D eigenvalue weighted by atomic mass is 19.1. The van der Waals surface area contributed by atoms with Gasteiger partial charge in [-0.15, -0.1) is 0 Å². The van der Waals surface area contributed by atoms with E-state index in [-0.39, 0.29) is 18.1 Å². The first kappa shape index (κ1) is 13.7. The maximum Gasteiger partial charge on any atom is 0.269 e. The Bertz CT molecular complexity index is 627. The lowest BCUT2D eigenvalue weighted by Crippen LogP contribution is -1.92. The van der Waals surface area contributed by atoms with E-state index in [1.54, 1.807) is 30.3 Å². The van der Waals surface area contributed by atoms with E-state index in [0.29, 0.717) is 11.1 Å². The lowest BCUT2D eigenvalue weighted by Gasteiger charge is -2.00. The molecule has 2 aromatic carbocycles. The number of hydrogen-bond acceptors (Lipinski definition) is 4. The molecule has 0 N–H and O–H groups in total. The third-order valence-corrected chi connectivity index (χ3v) is 2.56. The number of rotatable bonds is 5. The number of hydrogen-bond donors (Lipinski definition) is 0. The molecule has 102 valence electrons. The molecular formula is C14H11FN2O3. The van der Waals surface area contributed by atoms with Gasteiger partial charge < -0.3 is 4.84 Å². The van der Waals surface area contributed by atoms with Crippen molar-refractivity contribution in [1.82, 2.24) is 0 Å². The SMILES string of the molecule is O=[N+]([O-])c1ccc(/C=N/OCc2ccccc2F)cc1. The number of nitro groups is 1. The smallest absolute Gasteiger partial charge is 0.269 e. The number of oxime groups is 1. The Morgan fingerprint density at radius 2 is 1.90 bits per heavy atom. The molecule has 0 aliphatic carbocycles. The molecule has 5 nitrogen and oxygen atoms in total. The maximum absolute atomic E-state index is 13.3. The normalized spacial score (nSPS) is 10.7. The van der Waals surface area contributed by atoms with Gasteiger partial charge >= 0.3 is 0 Å². The zero-order chi connectivity index (χ0) is 14.4. The highest BCUT2D eigenvalue weighted by Crippen LogP contribution is 2.11. The first-order valence-corrected chi connectivity index (χ1v) is 5.80. The Morgan fingerprint density at radius 3 is 2.55 bits per heavy atom. The average Bonchev–Trinajstić information content (AvgIpc) is 2.46. The molecule has 0 aliphatic rings. The monoisotopic (exact) mass is 274 g/mol. The van der Waals surface area contributed by atoms with Gasteiger partial charge in [-0.25, -0.2) is 4.39 Å². The van der Waals surface area contributed by atoms with Crippen LogP contribution in [0.1, 0.15) is 11.1 Å². The van der Waals surface area contributed by atoms with E-state index in [0.717, 1.165) is 0 Å². The Balaban J connectivity index is 1.90. The van der Waals surface area contributed by atoms with Crippen LogP contribution in [0.4, 0.5) is 10.1 Å². The minimum Gasteiger partial charge on any atom is -0.391 e. The second-order valence-electron chi connectivity index (χ2n) is 3.95. The fraction of sp³-hybridized carbons (Fsp3) is 0.0714. The molecule has 0 aromatic heterocycles. The van der Waals surface area contributed by atoms with Crippen LogP contribution in [0.15, 0.2) is 53.7 Å². The third-order valence-electron chi connectivity index (χ3n) is 2.56. The van der Waals surface area contributed by atoms with Gasteiger partial charge in [0.2, 0.25) is 0 Å². The molecule has 0 amide bonds. The van der Waals surface area contributed by atoms with Crippen molar-refractivity contribution in [3.8, 4) is 0 Å². The van der Waals surface area contributed by atoms with Crippen LogP contribution in [-0.4, -0.2) is 11.1 Å². The molecule has 0 aliphatic heterocycles. The Kier molecular flexibility index (Phi) is 4.39. The summed E-state index contributed by atoms with van der Waals surface area (Å²) >= 11 is 0. The summed E-state index contributed by atoms with van der Waals surface area (Å²) in [5.74, 6) is -0.349. The van der Waals surface area contributed by atoms with Crippen molar-refractivity contribution in [2.75, 3.05) is 0 Å². The third kappa shape index (κ3) is 3.61. The van der Waals surface area contributed by atoms with Crippen molar-refractivity contribution < 1.29 is 14.2 Å². The summed E-state index contributed by atoms with van der Waals surface area (Å²) in [5.41, 5.74) is 1.08. The van der Waals surface area contributed by atoms with Crippen LogP contribution in [0.3, 0.4) is 0 Å². The maximum atomic E-state index is 13.3. The van der Waals surface area contributed by atoms with Crippen molar-refractivity contribution in [3.05, 3.63) is 75.6 Å². The summed E-state index contributed by atoms with van der Waals surface area (Å²) in [6.07, 6.45) is 1.41. The molecule has 20 heavy (non-hydrogen) atoms. The van der Waals surface area contributed by atoms with Gasteiger partial charge in [-0.2, -0.15) is 0 Å². The number of nitrogens with zero attached hydrogens (tertiary/aromatic N) is 2. The molecule has 0 saturated carbocycles. The van der Waals surface area contributed by atoms with Gasteiger partial charge in [0.25, 0.3) is 5.69 Å². The second kappa shape index (κ2) is 6.42. The van der Waals surface area contributed by atoms with E-state index in [1.165, 1.54) is 24.4 Å². The largest absolute Gasteiger partial charge is 0.391 e. The molecular weight excluding hydrogens is 263 g/mol. The minimum absolute atomic E-state index is 0.00873. The quantitative estimate of drug-likeness (QED) is 0.477. The van der Waals surface area contributed by atoms with Crippen LogP contribution in [0.2, 0.25) is 0 Å². The van der Waals surface area contributed by atoms with Crippen molar-refractivity contribution >= 4 is 11.9 Å². The number of non-ortho nitro benzene ring substituents is 1. The molecule has 0 fully saturated rings. The molecule has 2 rings (SSSR count). The molecule has 0 radical (unpaired) electrons. The topological polar surface area (TPSA) is 64.7 Å². The molecule has 0 bridgehead atoms. The first-order chi connectivity index (χ1) is 9.66. The lowest BCUT2D eigenvalue weighted by molar-refractivity contribution is -0.384. The van der Waals surface area contributed by atoms with Crippen molar-refractivity contribution in [2.45, 2.75) is 6.61 Å². The molecule has 6 heteroatoms. The van der Waals surface area contributed by atoms with E-state index in [2.05, 4.69) is 5.16 Å². The van der Waals surface area contributed by atoms with Gasteiger partial charge in [0, 0.05) is 17.7 Å². The molecule has 0 spiro atoms. The summed E-state index contributed by atoms with van der Waals surface area (Å²) in [4.78, 5) is 15.0. The fourth-order valence-corrected chi connectivity index (χ4v) is 1.50. The molecule has 0 atom stereocenters. The van der Waals surface area contributed by atoms with E-state index >= 15 is 0 Å². The van der Waals surface area contributed by atoms with Crippen molar-refractivity contribution in [1.29, 1.82) is 0 Å². The highest BCUT2D eigenvalue weighted by molar-refractivity contribution is 5.79. The molecule has 0 heterocycles. The predicted molar refractivity (Wildman–Crippen MR) is 71.9 cm³/mol. The summed E-state index contributed by atoms with van der Waals surface area (Å²) in [6.45, 7) is 0.0240. The van der Waals surface area contributed by atoms with Crippen molar-refractivity contribution in [3.63, 3.8) is 0 Å². The van der Waals surface area contributed by atoms with E-state index in [4.69, 9.17) is 4.84 Å². The van der Waals surface area contributed by atoms with E-state index in [1.807, 2.05) is 0 Å². The van der Waals surface area contributed by atoms with E-state index in [9.17, 15) is 14.5 Å². The highest BCUT2D eigenvalue weighted by Gasteiger charge is 2.03. The van der Waals surface area contributed by atoms with E-state index < -0.39 is 4.92 Å². The van der Waals surface area contributed by atoms with Gasteiger partial charge in [-0.3, -0.25) is 10.1 Å². The van der Waals surface area contributed by atoms with Gasteiger partial charge in [-0.1, -0.05) is 23.4 Å². The van der Waals surface area contributed by atoms with Gasteiger partial charge in [0.15, 0.2) is 0 Å². The van der Waals surface area contributed by atoms with Crippen molar-refractivity contribution in [2.24, 2.45) is 5.16 Å². The molecule has 0 saturated heterocycles. The zero-order valence-corrected chi connectivity index (χ0v) is 10.4. The summed E-state index contributed by atoms with van der Waals surface area (Å²) in [5, 5.41) is 14.2. The fourth-order valence-electron chi connectivity index (χ4n) is 1.50. The van der Waals surface area contributed by atoms with Crippen LogP contribution in [-0.2, 0) is 11.4 Å². The summed E-state index contributed by atoms with van der Waals surface area (Å²) < 4.78 is 13.3. The Morgan fingerprint density at radius 1 is 1.20 bits per heavy atom. The van der Waals surface area contributed by atoms with Crippen LogP contribution in [0.5, 0.6) is 0 Å². The first-order valence-electron chi connectivity index (χ1n) is 5.80. The predicted octanol–water partition coefficient (Wildman–Crippen LogP) is 3.28. The lowest BCUT2D eigenvalue weighted by atomic mass is 10.2. The number of benzene rings is 2. The molecule has 2 aromatic rings. The average molecular weight is 274 g/mol. The molecule has 0 unspecified atom stereocenters. The van der Waals surface area contributed by atoms with Gasteiger partial charge in [0.1, 0.15) is 12.4 Å². The summed E-state index contributed by atoms with van der Waals surface area (Å²) in [7, 11) is 0. The van der Waals surface area contributed by atoms with Crippen LogP contribution in [0, 0.1) is 15.9 Å².